The third-order valence-corrected chi connectivity index (χ3v) is 6.91. The summed E-state index contributed by atoms with van der Waals surface area (Å²) in [6, 6.07) is 18.6. The molecule has 1 aliphatic heterocycles. The number of benzene rings is 1. The van der Waals surface area contributed by atoms with Gasteiger partial charge < -0.3 is 14.4 Å². The monoisotopic (exact) mass is 416 g/mol. The lowest BCUT2D eigenvalue weighted by Crippen LogP contribution is -2.48. The highest BCUT2D eigenvalue weighted by molar-refractivity contribution is 7.21. The van der Waals surface area contributed by atoms with E-state index in [4.69, 9.17) is 0 Å². The van der Waals surface area contributed by atoms with E-state index in [0.29, 0.717) is 0 Å². The lowest BCUT2D eigenvalue weighted by Gasteiger charge is -2.36. The van der Waals surface area contributed by atoms with Crippen molar-refractivity contribution >= 4 is 33.1 Å². The number of hydrogen-bond donors (Lipinski definition) is 0. The number of aromatic nitrogens is 2. The number of nitrogens with zero attached hydrogens (tertiary/aromatic N) is 4. The Hall–Kier alpha value is -3.12. The summed E-state index contributed by atoms with van der Waals surface area (Å²) in [5.41, 5.74) is 4.44. The van der Waals surface area contributed by atoms with Crippen molar-refractivity contribution in [2.75, 3.05) is 31.1 Å². The minimum Gasteiger partial charge on any atom is -0.368 e. The molecule has 4 aromatic rings. The van der Waals surface area contributed by atoms with Gasteiger partial charge in [-0.1, -0.05) is 18.2 Å². The van der Waals surface area contributed by atoms with Crippen LogP contribution in [0.4, 0.5) is 5.69 Å². The molecule has 0 aliphatic carbocycles. The van der Waals surface area contributed by atoms with Crippen molar-refractivity contribution in [1.82, 2.24) is 14.5 Å². The van der Waals surface area contributed by atoms with E-state index >= 15 is 0 Å². The minimum atomic E-state index is 0.105. The van der Waals surface area contributed by atoms with Crippen LogP contribution in [-0.4, -0.2) is 46.5 Å². The van der Waals surface area contributed by atoms with Crippen LogP contribution in [0.1, 0.15) is 21.1 Å². The van der Waals surface area contributed by atoms with Gasteiger partial charge in [-0.15, -0.1) is 11.3 Å². The van der Waals surface area contributed by atoms with E-state index in [0.717, 1.165) is 58.3 Å². The van der Waals surface area contributed by atoms with E-state index in [-0.39, 0.29) is 5.91 Å². The highest BCUT2D eigenvalue weighted by atomic mass is 32.1. The Morgan fingerprint density at radius 2 is 1.60 bits per heavy atom. The van der Waals surface area contributed by atoms with Gasteiger partial charge in [-0.25, -0.2) is 4.98 Å². The molecule has 4 heterocycles. The molecular weight excluding hydrogens is 392 g/mol. The fourth-order valence-corrected chi connectivity index (χ4v) is 5.35. The molecule has 6 heteroatoms. The number of carbonyl (C=O) groups excluding carboxylic acids is 1. The molecule has 0 radical (unpaired) electrons. The standard InChI is InChI=1S/C24H24N4OS/c1-17-10-11-18(2)28(17)21-20-9-6-12-25-23(20)30-22(21)24(29)27-15-13-26(14-16-27)19-7-4-3-5-8-19/h3-12H,13-16H2,1-2H3. The molecule has 1 amide bonds. The van der Waals surface area contributed by atoms with Crippen LogP contribution in [0, 0.1) is 13.8 Å². The van der Waals surface area contributed by atoms with Crippen LogP contribution in [0.3, 0.4) is 0 Å². The summed E-state index contributed by atoms with van der Waals surface area (Å²) in [4.78, 5) is 24.2. The minimum absolute atomic E-state index is 0.105. The molecule has 30 heavy (non-hydrogen) atoms. The van der Waals surface area contributed by atoms with Crippen molar-refractivity contribution in [3.8, 4) is 5.69 Å². The molecule has 0 atom stereocenters. The molecule has 3 aromatic heterocycles. The van der Waals surface area contributed by atoms with E-state index in [1.807, 2.05) is 17.0 Å². The van der Waals surface area contributed by atoms with Crippen LogP contribution in [0.5, 0.6) is 0 Å². The van der Waals surface area contributed by atoms with Crippen molar-refractivity contribution in [3.63, 3.8) is 0 Å². The molecule has 0 spiro atoms. The Labute approximate surface area is 180 Å². The zero-order valence-corrected chi connectivity index (χ0v) is 18.0. The normalized spacial score (nSPS) is 14.5. The highest BCUT2D eigenvalue weighted by Crippen LogP contribution is 2.36. The van der Waals surface area contributed by atoms with Crippen molar-refractivity contribution in [2.24, 2.45) is 0 Å². The van der Waals surface area contributed by atoms with Gasteiger partial charge in [-0.2, -0.15) is 0 Å². The Bertz CT molecular complexity index is 1180. The number of carbonyl (C=O) groups is 1. The van der Waals surface area contributed by atoms with Gasteiger partial charge in [-0.05, 0) is 50.2 Å². The number of pyridine rings is 1. The summed E-state index contributed by atoms with van der Waals surface area (Å²) < 4.78 is 2.19. The van der Waals surface area contributed by atoms with Crippen molar-refractivity contribution < 1.29 is 4.79 Å². The molecule has 1 fully saturated rings. The van der Waals surface area contributed by atoms with Gasteiger partial charge in [0.1, 0.15) is 9.71 Å². The molecular formula is C24H24N4OS. The SMILES string of the molecule is Cc1ccc(C)n1-c1c(C(=O)N2CCN(c3ccccc3)CC2)sc2ncccc12. The molecule has 5 nitrogen and oxygen atoms in total. The first-order valence-corrected chi connectivity index (χ1v) is 11.1. The molecule has 0 unspecified atom stereocenters. The van der Waals surface area contributed by atoms with E-state index < -0.39 is 0 Å². The van der Waals surface area contributed by atoms with E-state index in [1.165, 1.54) is 17.0 Å². The molecule has 1 aromatic carbocycles. The number of hydrogen-bond acceptors (Lipinski definition) is 4. The number of amides is 1. The van der Waals surface area contributed by atoms with Gasteiger partial charge >= 0.3 is 0 Å². The molecule has 1 aliphatic rings. The fraction of sp³-hybridized carbons (Fsp3) is 0.250. The number of piperazine rings is 1. The van der Waals surface area contributed by atoms with Crippen molar-refractivity contribution in [3.05, 3.63) is 77.1 Å². The molecule has 0 bridgehead atoms. The maximum Gasteiger partial charge on any atom is 0.266 e. The van der Waals surface area contributed by atoms with Crippen LogP contribution in [0.15, 0.2) is 60.8 Å². The first-order valence-electron chi connectivity index (χ1n) is 10.3. The number of para-hydroxylation sites is 1. The predicted octanol–water partition coefficient (Wildman–Crippen LogP) is 4.67. The van der Waals surface area contributed by atoms with Gasteiger partial charge in [0.25, 0.3) is 5.91 Å². The lowest BCUT2D eigenvalue weighted by molar-refractivity contribution is 0.0751. The molecule has 5 rings (SSSR count). The van der Waals surface area contributed by atoms with Gasteiger partial charge in [0, 0.05) is 54.8 Å². The summed E-state index contributed by atoms with van der Waals surface area (Å²) in [6.45, 7) is 7.29. The van der Waals surface area contributed by atoms with Gasteiger partial charge in [-0.3, -0.25) is 4.79 Å². The summed E-state index contributed by atoms with van der Waals surface area (Å²) in [7, 11) is 0. The predicted molar refractivity (Wildman–Crippen MR) is 123 cm³/mol. The van der Waals surface area contributed by atoms with Crippen LogP contribution < -0.4 is 4.90 Å². The second-order valence-electron chi connectivity index (χ2n) is 7.70. The average Bonchev–Trinajstić information content (AvgIpc) is 3.33. The first kappa shape index (κ1) is 18.9. The third kappa shape index (κ3) is 3.17. The zero-order valence-electron chi connectivity index (χ0n) is 17.2. The quantitative estimate of drug-likeness (QED) is 0.487. The molecule has 0 N–H and O–H groups in total. The summed E-state index contributed by atoms with van der Waals surface area (Å²) in [5.74, 6) is 0.105. The van der Waals surface area contributed by atoms with Gasteiger partial charge in [0.2, 0.25) is 0 Å². The van der Waals surface area contributed by atoms with Crippen LogP contribution in [0.25, 0.3) is 15.9 Å². The third-order valence-electron chi connectivity index (χ3n) is 5.82. The summed E-state index contributed by atoms with van der Waals surface area (Å²) >= 11 is 1.50. The van der Waals surface area contributed by atoms with Crippen LogP contribution >= 0.6 is 11.3 Å². The van der Waals surface area contributed by atoms with E-state index in [1.54, 1.807) is 6.20 Å². The first-order chi connectivity index (χ1) is 14.6. The molecule has 1 saturated heterocycles. The number of aryl methyl sites for hydroxylation is 2. The Balaban J connectivity index is 1.48. The van der Waals surface area contributed by atoms with E-state index in [9.17, 15) is 4.79 Å². The van der Waals surface area contributed by atoms with Crippen LogP contribution in [0.2, 0.25) is 0 Å². The molecule has 0 saturated carbocycles. The summed E-state index contributed by atoms with van der Waals surface area (Å²) in [6.07, 6.45) is 1.80. The maximum atomic E-state index is 13.6. The number of thiophene rings is 1. The second kappa shape index (κ2) is 7.61. The Morgan fingerprint density at radius 3 is 2.30 bits per heavy atom. The highest BCUT2D eigenvalue weighted by Gasteiger charge is 2.28. The zero-order chi connectivity index (χ0) is 20.7. The van der Waals surface area contributed by atoms with Crippen molar-refractivity contribution in [2.45, 2.75) is 13.8 Å². The van der Waals surface area contributed by atoms with Gasteiger partial charge in [0.05, 0.1) is 5.69 Å². The molecule has 152 valence electrons. The largest absolute Gasteiger partial charge is 0.368 e. The second-order valence-corrected chi connectivity index (χ2v) is 8.70. The van der Waals surface area contributed by atoms with Crippen molar-refractivity contribution in [1.29, 1.82) is 0 Å². The smallest absolute Gasteiger partial charge is 0.266 e. The summed E-state index contributed by atoms with van der Waals surface area (Å²) in [5, 5.41) is 1.04. The van der Waals surface area contributed by atoms with Gasteiger partial charge in [0.15, 0.2) is 0 Å². The van der Waals surface area contributed by atoms with Crippen LogP contribution in [-0.2, 0) is 0 Å². The maximum absolute atomic E-state index is 13.6. The number of anilines is 1. The average molecular weight is 417 g/mol. The number of fused-ring (bicyclic) bond motifs is 1. The fourth-order valence-electron chi connectivity index (χ4n) is 4.26. The Morgan fingerprint density at radius 1 is 0.900 bits per heavy atom. The topological polar surface area (TPSA) is 41.4 Å². The van der Waals surface area contributed by atoms with E-state index in [2.05, 4.69) is 70.8 Å². The number of rotatable bonds is 3. The lowest BCUT2D eigenvalue weighted by atomic mass is 10.2. The Kier molecular flexibility index (Phi) is 4.79.